The molecule has 2 aromatic carbocycles. The van der Waals surface area contributed by atoms with Crippen LogP contribution in [-0.4, -0.2) is 49.2 Å². The molecule has 0 bridgehead atoms. The molecule has 184 valence electrons. The first-order chi connectivity index (χ1) is 16.4. The lowest BCUT2D eigenvalue weighted by molar-refractivity contribution is -0.147. The number of nitrogens with zero attached hydrogens (tertiary/aromatic N) is 1. The van der Waals surface area contributed by atoms with E-state index in [0.717, 1.165) is 30.5 Å². The predicted molar refractivity (Wildman–Crippen MR) is 118 cm³/mol. The molecule has 1 saturated heterocycles. The first-order valence-corrected chi connectivity index (χ1v) is 12.5. The molecule has 2 aliphatic rings. The summed E-state index contributed by atoms with van der Waals surface area (Å²) in [5.74, 6) is -6.90. The van der Waals surface area contributed by atoms with Crippen molar-refractivity contribution in [1.29, 1.82) is 0 Å². The van der Waals surface area contributed by atoms with E-state index in [1.165, 1.54) is 17.0 Å². The largest absolute Gasteiger partial charge is 0.349 e. The number of fused-ring (bicyclic) bond motifs is 1. The summed E-state index contributed by atoms with van der Waals surface area (Å²) in [7, 11) is -3.73. The number of carbonyl (C=O) groups excluding carboxylic acids is 4. The number of amides is 4. The van der Waals surface area contributed by atoms with Crippen LogP contribution in [0.25, 0.3) is 0 Å². The lowest BCUT2D eigenvalue weighted by Gasteiger charge is -2.29. The number of nitrogens with one attached hydrogen (secondary N) is 2. The molecule has 0 saturated carbocycles. The zero-order valence-corrected chi connectivity index (χ0v) is 19.3. The van der Waals surface area contributed by atoms with E-state index in [9.17, 15) is 36.4 Å². The summed E-state index contributed by atoms with van der Waals surface area (Å²) in [4.78, 5) is 49.5. The second kappa shape index (κ2) is 8.84. The second-order valence-corrected chi connectivity index (χ2v) is 10.5. The highest BCUT2D eigenvalue weighted by molar-refractivity contribution is 7.90. The fourth-order valence-electron chi connectivity index (χ4n) is 4.08. The molecular formula is C23H21F2N3O6S. The molecule has 12 heteroatoms. The molecule has 4 rings (SSSR count). The van der Waals surface area contributed by atoms with E-state index in [0.29, 0.717) is 16.7 Å². The Morgan fingerprint density at radius 3 is 2.60 bits per heavy atom. The molecule has 1 fully saturated rings. The Balaban J connectivity index is 1.45. The van der Waals surface area contributed by atoms with Gasteiger partial charge in [-0.3, -0.25) is 24.5 Å². The van der Waals surface area contributed by atoms with Crippen LogP contribution < -0.4 is 10.6 Å². The normalized spacial score (nSPS) is 18.3. The molecule has 9 nitrogen and oxygen atoms in total. The topological polar surface area (TPSA) is 130 Å². The molecule has 0 aliphatic carbocycles. The zero-order valence-electron chi connectivity index (χ0n) is 18.5. The van der Waals surface area contributed by atoms with Crippen molar-refractivity contribution in [2.45, 2.75) is 42.8 Å². The average molecular weight is 505 g/mol. The third-order valence-corrected chi connectivity index (χ3v) is 7.06. The summed E-state index contributed by atoms with van der Waals surface area (Å²) in [6, 6.07) is 7.85. The van der Waals surface area contributed by atoms with E-state index >= 15 is 0 Å². The number of piperidine rings is 1. The number of hydrogen-bond donors (Lipinski definition) is 2. The Hall–Kier alpha value is -3.67. The highest BCUT2D eigenvalue weighted by Gasteiger charge is 2.42. The van der Waals surface area contributed by atoms with E-state index in [1.807, 2.05) is 0 Å². The minimum atomic E-state index is -3.98. The van der Waals surface area contributed by atoms with Gasteiger partial charge in [-0.1, -0.05) is 24.3 Å². The van der Waals surface area contributed by atoms with Crippen LogP contribution in [0.5, 0.6) is 0 Å². The molecule has 0 spiro atoms. The Morgan fingerprint density at radius 1 is 1.17 bits per heavy atom. The van der Waals surface area contributed by atoms with Crippen molar-refractivity contribution in [2.24, 2.45) is 0 Å². The molecule has 2 aliphatic heterocycles. The van der Waals surface area contributed by atoms with Crippen molar-refractivity contribution in [3.63, 3.8) is 0 Å². The number of rotatable bonds is 6. The van der Waals surface area contributed by atoms with Crippen LogP contribution in [0.2, 0.25) is 0 Å². The Morgan fingerprint density at radius 2 is 1.91 bits per heavy atom. The average Bonchev–Trinajstić information content (AvgIpc) is 3.12. The third-order valence-electron chi connectivity index (χ3n) is 5.95. The van der Waals surface area contributed by atoms with Crippen molar-refractivity contribution in [3.8, 4) is 0 Å². The first kappa shape index (κ1) is 24.5. The number of halogens is 2. The Labute approximate surface area is 199 Å². The number of alkyl halides is 2. The predicted octanol–water partition coefficient (Wildman–Crippen LogP) is 1.26. The van der Waals surface area contributed by atoms with Gasteiger partial charge < -0.3 is 10.2 Å². The molecular weight excluding hydrogens is 484 g/mol. The van der Waals surface area contributed by atoms with Crippen LogP contribution >= 0.6 is 0 Å². The number of imide groups is 1. The molecule has 2 N–H and O–H groups in total. The van der Waals surface area contributed by atoms with Crippen molar-refractivity contribution < 1.29 is 36.4 Å². The minimum Gasteiger partial charge on any atom is -0.346 e. The van der Waals surface area contributed by atoms with E-state index in [4.69, 9.17) is 0 Å². The molecule has 1 unspecified atom stereocenters. The van der Waals surface area contributed by atoms with E-state index in [2.05, 4.69) is 10.6 Å². The summed E-state index contributed by atoms with van der Waals surface area (Å²) in [5, 5.41) is 4.36. The monoisotopic (exact) mass is 505 g/mol. The lowest BCUT2D eigenvalue weighted by atomic mass is 10.0. The molecule has 35 heavy (non-hydrogen) atoms. The Bertz CT molecular complexity index is 1360. The fourth-order valence-corrected chi connectivity index (χ4v) is 4.75. The number of carbonyl (C=O) groups is 4. The quantitative estimate of drug-likeness (QED) is 0.569. The molecule has 1 atom stereocenters. The zero-order chi connectivity index (χ0) is 25.5. The fraction of sp³-hybridized carbons (Fsp3) is 0.304. The van der Waals surface area contributed by atoms with Crippen molar-refractivity contribution in [1.82, 2.24) is 15.5 Å². The minimum absolute atomic E-state index is 0.108. The summed E-state index contributed by atoms with van der Waals surface area (Å²) < 4.78 is 52.7. The summed E-state index contributed by atoms with van der Waals surface area (Å²) >= 11 is 0. The smallest absolute Gasteiger partial charge is 0.346 e. The second-order valence-electron chi connectivity index (χ2n) is 8.45. The molecule has 4 amide bonds. The van der Waals surface area contributed by atoms with Crippen molar-refractivity contribution in [3.05, 3.63) is 64.7 Å². The number of sulfone groups is 1. The van der Waals surface area contributed by atoms with Gasteiger partial charge in [-0.15, -0.1) is 0 Å². The van der Waals surface area contributed by atoms with Crippen LogP contribution in [0, 0.1) is 0 Å². The third kappa shape index (κ3) is 4.78. The number of benzene rings is 2. The van der Waals surface area contributed by atoms with Gasteiger partial charge in [-0.2, -0.15) is 8.78 Å². The maximum atomic E-state index is 14.7. The maximum Gasteiger partial charge on any atom is 0.349 e. The van der Waals surface area contributed by atoms with Crippen LogP contribution in [-0.2, 0) is 43.2 Å². The summed E-state index contributed by atoms with van der Waals surface area (Å²) in [5.41, 5.74) is 0.625. The molecule has 2 aromatic rings. The van der Waals surface area contributed by atoms with Gasteiger partial charge in [0.25, 0.3) is 11.8 Å². The summed E-state index contributed by atoms with van der Waals surface area (Å²) in [6.07, 6.45) is 1.21. The van der Waals surface area contributed by atoms with Crippen LogP contribution in [0.3, 0.4) is 0 Å². The van der Waals surface area contributed by atoms with Gasteiger partial charge in [0.05, 0.1) is 4.90 Å². The van der Waals surface area contributed by atoms with Gasteiger partial charge in [0, 0.05) is 36.9 Å². The van der Waals surface area contributed by atoms with E-state index in [1.54, 1.807) is 6.07 Å². The van der Waals surface area contributed by atoms with Crippen LogP contribution in [0.1, 0.15) is 39.9 Å². The van der Waals surface area contributed by atoms with Crippen LogP contribution in [0.4, 0.5) is 8.78 Å². The highest BCUT2D eigenvalue weighted by atomic mass is 32.2. The van der Waals surface area contributed by atoms with Gasteiger partial charge in [-0.25, -0.2) is 8.42 Å². The van der Waals surface area contributed by atoms with Gasteiger partial charge in [0.1, 0.15) is 6.04 Å². The van der Waals surface area contributed by atoms with E-state index < -0.39 is 45.1 Å². The van der Waals surface area contributed by atoms with Gasteiger partial charge in [0.2, 0.25) is 11.8 Å². The van der Waals surface area contributed by atoms with Gasteiger partial charge in [0.15, 0.2) is 9.84 Å². The number of hydrogen-bond acceptors (Lipinski definition) is 6. The van der Waals surface area contributed by atoms with Gasteiger partial charge in [-0.05, 0) is 35.7 Å². The molecule has 2 heterocycles. The molecule has 0 aromatic heterocycles. The highest BCUT2D eigenvalue weighted by Crippen LogP contribution is 2.31. The van der Waals surface area contributed by atoms with Crippen molar-refractivity contribution >= 4 is 33.5 Å². The standard InChI is InChI=1S/C23H21F2N3O6S/c1-35(33,34)16-4-2-3-15(10-16)23(24,25)22(32)26-11-13-5-6-17-14(9-13)12-28(21(17)31)18-7-8-19(29)27-20(18)30/h2-6,9-10,18H,7-8,11-12H2,1H3,(H,26,32)(H,27,29,30). The maximum absolute atomic E-state index is 14.7. The first-order valence-electron chi connectivity index (χ1n) is 10.6. The van der Waals surface area contributed by atoms with Crippen molar-refractivity contribution in [2.75, 3.05) is 6.26 Å². The van der Waals surface area contributed by atoms with E-state index in [-0.39, 0.29) is 36.7 Å². The van der Waals surface area contributed by atoms with Crippen LogP contribution in [0.15, 0.2) is 47.4 Å². The summed E-state index contributed by atoms with van der Waals surface area (Å²) in [6.45, 7) is -0.156. The Kier molecular flexibility index (Phi) is 6.18. The SMILES string of the molecule is CS(=O)(=O)c1cccc(C(F)(F)C(=O)NCc2ccc3c(c2)CN(C2CCC(=O)NC2=O)C3=O)c1. The van der Waals surface area contributed by atoms with Gasteiger partial charge >= 0.3 is 5.92 Å². The molecule has 0 radical (unpaired) electrons. The lowest BCUT2D eigenvalue weighted by Crippen LogP contribution is -2.52.